The Labute approximate surface area is 125 Å². The van der Waals surface area contributed by atoms with Crippen LogP contribution in [0.15, 0.2) is 29.2 Å². The third kappa shape index (κ3) is 4.28. The van der Waals surface area contributed by atoms with Crippen molar-refractivity contribution in [1.29, 1.82) is 0 Å². The number of nitrogens with one attached hydrogen (secondary N) is 2. The molecule has 1 aromatic carbocycles. The maximum Gasteiger partial charge on any atom is 0.240 e. The van der Waals surface area contributed by atoms with Gasteiger partial charge in [0.1, 0.15) is 0 Å². The van der Waals surface area contributed by atoms with Crippen molar-refractivity contribution in [3.63, 3.8) is 0 Å². The van der Waals surface area contributed by atoms with E-state index in [1.54, 1.807) is 24.3 Å². The lowest BCUT2D eigenvalue weighted by Crippen LogP contribution is -2.26. The highest BCUT2D eigenvalue weighted by Crippen LogP contribution is 2.22. The van der Waals surface area contributed by atoms with Crippen LogP contribution in [0.3, 0.4) is 0 Å². The van der Waals surface area contributed by atoms with E-state index < -0.39 is 10.0 Å². The lowest BCUT2D eigenvalue weighted by atomic mass is 10.1. The van der Waals surface area contributed by atoms with Gasteiger partial charge in [0, 0.05) is 18.5 Å². The first-order chi connectivity index (χ1) is 10.0. The lowest BCUT2D eigenvalue weighted by Gasteiger charge is -2.07. The predicted octanol–water partition coefficient (Wildman–Crippen LogP) is 1.34. The molecule has 1 amide bonds. The lowest BCUT2D eigenvalue weighted by molar-refractivity contribution is -0.121. The fourth-order valence-electron chi connectivity index (χ4n) is 2.11. The van der Waals surface area contributed by atoms with Gasteiger partial charge in [-0.2, -0.15) is 0 Å². The molecule has 0 atom stereocenters. The van der Waals surface area contributed by atoms with Gasteiger partial charge < -0.3 is 5.32 Å². The van der Waals surface area contributed by atoms with Gasteiger partial charge in [0.2, 0.25) is 15.9 Å². The zero-order valence-corrected chi connectivity index (χ0v) is 12.7. The Balaban J connectivity index is 1.54. The van der Waals surface area contributed by atoms with Crippen LogP contribution in [0.2, 0.25) is 0 Å². The summed E-state index contributed by atoms with van der Waals surface area (Å²) in [4.78, 5) is 11.9. The highest BCUT2D eigenvalue weighted by atomic mass is 32.2. The van der Waals surface area contributed by atoms with Crippen LogP contribution in [-0.2, 0) is 21.2 Å². The van der Waals surface area contributed by atoms with E-state index in [1.165, 1.54) is 0 Å². The summed E-state index contributed by atoms with van der Waals surface area (Å²) in [7, 11) is -3.38. The van der Waals surface area contributed by atoms with Gasteiger partial charge in [-0.25, -0.2) is 13.1 Å². The van der Waals surface area contributed by atoms with Crippen molar-refractivity contribution in [1.82, 2.24) is 10.0 Å². The number of benzene rings is 1. The van der Waals surface area contributed by atoms with Crippen molar-refractivity contribution >= 4 is 15.9 Å². The van der Waals surface area contributed by atoms with Crippen molar-refractivity contribution in [2.24, 2.45) is 0 Å². The molecule has 21 heavy (non-hydrogen) atoms. The van der Waals surface area contributed by atoms with E-state index in [9.17, 15) is 13.2 Å². The Kier molecular flexibility index (Phi) is 3.99. The predicted molar refractivity (Wildman–Crippen MR) is 79.3 cm³/mol. The Bertz CT molecular complexity index is 617. The average Bonchev–Trinajstić information content (AvgIpc) is 3.34. The third-order valence-corrected chi connectivity index (χ3v) is 5.25. The summed E-state index contributed by atoms with van der Waals surface area (Å²) < 4.78 is 26.7. The molecule has 2 saturated carbocycles. The summed E-state index contributed by atoms with van der Waals surface area (Å²) in [6.45, 7) is 0. The van der Waals surface area contributed by atoms with E-state index in [0.717, 1.165) is 31.2 Å². The number of amides is 1. The van der Waals surface area contributed by atoms with Crippen LogP contribution < -0.4 is 10.0 Å². The van der Waals surface area contributed by atoms with Crippen LogP contribution in [0.5, 0.6) is 0 Å². The van der Waals surface area contributed by atoms with Gasteiger partial charge in [0.25, 0.3) is 0 Å². The zero-order valence-electron chi connectivity index (χ0n) is 11.8. The van der Waals surface area contributed by atoms with Crippen molar-refractivity contribution in [3.8, 4) is 0 Å². The highest BCUT2D eigenvalue weighted by molar-refractivity contribution is 7.89. The second-order valence-electron chi connectivity index (χ2n) is 5.88. The Morgan fingerprint density at radius 1 is 1.05 bits per heavy atom. The van der Waals surface area contributed by atoms with Gasteiger partial charge in [-0.1, -0.05) is 12.1 Å². The molecule has 0 heterocycles. The van der Waals surface area contributed by atoms with Crippen molar-refractivity contribution < 1.29 is 13.2 Å². The molecule has 6 heteroatoms. The number of carbonyl (C=O) groups excluding carboxylic acids is 1. The minimum absolute atomic E-state index is 0.0737. The normalized spacial score (nSPS) is 18.5. The molecule has 2 aliphatic carbocycles. The SMILES string of the molecule is O=C(CCc1ccc(S(=O)(=O)NC2CC2)cc1)NC1CC1. The molecule has 2 fully saturated rings. The summed E-state index contributed by atoms with van der Waals surface area (Å²) in [5.41, 5.74) is 0.978. The average molecular weight is 308 g/mol. The molecule has 2 N–H and O–H groups in total. The van der Waals surface area contributed by atoms with E-state index in [2.05, 4.69) is 10.0 Å². The molecule has 0 aliphatic heterocycles. The minimum Gasteiger partial charge on any atom is -0.353 e. The van der Waals surface area contributed by atoms with E-state index in [-0.39, 0.29) is 11.9 Å². The smallest absolute Gasteiger partial charge is 0.240 e. The summed E-state index contributed by atoms with van der Waals surface area (Å²) >= 11 is 0. The molecule has 3 rings (SSSR count). The fourth-order valence-corrected chi connectivity index (χ4v) is 3.41. The van der Waals surface area contributed by atoms with Gasteiger partial charge in [0.15, 0.2) is 0 Å². The molecular formula is C15H20N2O3S. The molecule has 0 aromatic heterocycles. The van der Waals surface area contributed by atoms with E-state index in [4.69, 9.17) is 0 Å². The van der Waals surface area contributed by atoms with Gasteiger partial charge in [-0.15, -0.1) is 0 Å². The van der Waals surface area contributed by atoms with Crippen LogP contribution >= 0.6 is 0 Å². The van der Waals surface area contributed by atoms with Crippen LogP contribution in [0.25, 0.3) is 0 Å². The third-order valence-electron chi connectivity index (χ3n) is 3.72. The zero-order chi connectivity index (χ0) is 14.9. The number of sulfonamides is 1. The number of hydrogen-bond donors (Lipinski definition) is 2. The van der Waals surface area contributed by atoms with Crippen LogP contribution in [0.4, 0.5) is 0 Å². The maximum atomic E-state index is 12.0. The molecule has 114 valence electrons. The quantitative estimate of drug-likeness (QED) is 0.798. The molecule has 0 unspecified atom stereocenters. The Morgan fingerprint density at radius 3 is 2.24 bits per heavy atom. The van der Waals surface area contributed by atoms with Crippen molar-refractivity contribution in [2.75, 3.05) is 0 Å². The second kappa shape index (κ2) is 5.77. The number of hydrogen-bond acceptors (Lipinski definition) is 3. The minimum atomic E-state index is -3.38. The number of rotatable bonds is 7. The molecule has 0 spiro atoms. The number of carbonyl (C=O) groups is 1. The van der Waals surface area contributed by atoms with Crippen molar-refractivity contribution in [3.05, 3.63) is 29.8 Å². The molecule has 2 aliphatic rings. The van der Waals surface area contributed by atoms with Crippen LogP contribution in [-0.4, -0.2) is 26.4 Å². The van der Waals surface area contributed by atoms with Crippen LogP contribution in [0, 0.1) is 0 Å². The molecule has 0 saturated heterocycles. The van der Waals surface area contributed by atoms with E-state index in [1.807, 2.05) is 0 Å². The summed E-state index contributed by atoms with van der Waals surface area (Å²) in [6.07, 6.45) is 5.11. The van der Waals surface area contributed by atoms with Gasteiger partial charge in [0.05, 0.1) is 4.90 Å². The van der Waals surface area contributed by atoms with E-state index >= 15 is 0 Å². The molecule has 0 bridgehead atoms. The summed E-state index contributed by atoms with van der Waals surface area (Å²) in [6, 6.07) is 7.29. The van der Waals surface area contributed by atoms with Gasteiger partial charge >= 0.3 is 0 Å². The summed E-state index contributed by atoms with van der Waals surface area (Å²) in [5, 5.41) is 2.94. The summed E-state index contributed by atoms with van der Waals surface area (Å²) in [5.74, 6) is 0.0737. The largest absolute Gasteiger partial charge is 0.353 e. The first-order valence-corrected chi connectivity index (χ1v) is 8.92. The monoisotopic (exact) mass is 308 g/mol. The topological polar surface area (TPSA) is 75.3 Å². The van der Waals surface area contributed by atoms with E-state index in [0.29, 0.717) is 23.8 Å². The Hall–Kier alpha value is -1.40. The van der Waals surface area contributed by atoms with Gasteiger partial charge in [-0.3, -0.25) is 4.79 Å². The highest BCUT2D eigenvalue weighted by Gasteiger charge is 2.27. The molecule has 0 radical (unpaired) electrons. The van der Waals surface area contributed by atoms with Crippen molar-refractivity contribution in [2.45, 2.75) is 55.5 Å². The molecular weight excluding hydrogens is 288 g/mol. The first kappa shape index (κ1) is 14.5. The van der Waals surface area contributed by atoms with Crippen LogP contribution in [0.1, 0.15) is 37.7 Å². The Morgan fingerprint density at radius 2 is 1.67 bits per heavy atom. The fraction of sp³-hybridized carbons (Fsp3) is 0.533. The van der Waals surface area contributed by atoms with Gasteiger partial charge in [-0.05, 0) is 49.8 Å². The second-order valence-corrected chi connectivity index (χ2v) is 7.60. The number of aryl methyl sites for hydroxylation is 1. The molecule has 1 aromatic rings. The standard InChI is InChI=1S/C15H20N2O3S/c18-15(16-12-4-5-12)10-3-11-1-8-14(9-2-11)21(19,20)17-13-6-7-13/h1-2,8-9,12-13,17H,3-7,10H2,(H,16,18). The first-order valence-electron chi connectivity index (χ1n) is 7.43. The maximum absolute atomic E-state index is 12.0. The molecule has 5 nitrogen and oxygen atoms in total.